The Morgan fingerprint density at radius 1 is 1.16 bits per heavy atom. The zero-order valence-corrected chi connectivity index (χ0v) is 17.0. The standard InChI is InChI=1S/C22H19F3N4O3/c1-29(12-19(30)27-15-4-5-15)21(31)18-7-2-13-10-16(6-8-17(13)28-18)32-20-9-3-14(11-26-20)22(23,24)25/h2-3,6-11,15H,4-5,12H2,1H3,(H,27,30). The third-order valence-corrected chi connectivity index (χ3v) is 4.84. The van der Waals surface area contributed by atoms with E-state index in [1.165, 1.54) is 11.9 Å². The number of carbonyl (C=O) groups is 2. The molecule has 2 aromatic heterocycles. The van der Waals surface area contributed by atoms with Crippen molar-refractivity contribution in [2.45, 2.75) is 25.1 Å². The molecule has 1 saturated carbocycles. The topological polar surface area (TPSA) is 84.4 Å². The number of ether oxygens (including phenoxy) is 1. The molecule has 10 heteroatoms. The summed E-state index contributed by atoms with van der Waals surface area (Å²) in [6.07, 6.45) is -1.83. The number of pyridine rings is 2. The molecule has 3 aromatic rings. The minimum absolute atomic E-state index is 0.0169. The predicted octanol–water partition coefficient (Wildman–Crippen LogP) is 3.79. The minimum atomic E-state index is -4.47. The highest BCUT2D eigenvalue weighted by molar-refractivity contribution is 5.96. The molecule has 1 fully saturated rings. The number of rotatable bonds is 6. The zero-order chi connectivity index (χ0) is 22.9. The van der Waals surface area contributed by atoms with Gasteiger partial charge in [-0.05, 0) is 43.2 Å². The number of alkyl halides is 3. The molecule has 166 valence electrons. The number of fused-ring (bicyclic) bond motifs is 1. The van der Waals surface area contributed by atoms with E-state index in [0.29, 0.717) is 22.8 Å². The predicted molar refractivity (Wildman–Crippen MR) is 109 cm³/mol. The smallest absolute Gasteiger partial charge is 0.417 e. The number of likely N-dealkylation sites (N-methyl/N-ethyl adjacent to an activating group) is 1. The Balaban J connectivity index is 1.44. The van der Waals surface area contributed by atoms with Gasteiger partial charge < -0.3 is 15.0 Å². The van der Waals surface area contributed by atoms with Crippen molar-refractivity contribution in [3.63, 3.8) is 0 Å². The van der Waals surface area contributed by atoms with Gasteiger partial charge in [-0.3, -0.25) is 9.59 Å². The van der Waals surface area contributed by atoms with Gasteiger partial charge >= 0.3 is 6.18 Å². The fraction of sp³-hybridized carbons (Fsp3) is 0.273. The summed E-state index contributed by atoms with van der Waals surface area (Å²) in [5.74, 6) is -0.211. The summed E-state index contributed by atoms with van der Waals surface area (Å²) in [6, 6.07) is 10.3. The van der Waals surface area contributed by atoms with E-state index in [-0.39, 0.29) is 36.0 Å². The molecular weight excluding hydrogens is 425 g/mol. The minimum Gasteiger partial charge on any atom is -0.439 e. The number of benzene rings is 1. The van der Waals surface area contributed by atoms with E-state index in [1.54, 1.807) is 30.3 Å². The van der Waals surface area contributed by atoms with Crippen LogP contribution in [0.1, 0.15) is 28.9 Å². The van der Waals surface area contributed by atoms with Crippen LogP contribution in [0.2, 0.25) is 0 Å². The highest BCUT2D eigenvalue weighted by Crippen LogP contribution is 2.30. The molecule has 0 radical (unpaired) electrons. The number of nitrogens with zero attached hydrogens (tertiary/aromatic N) is 3. The quantitative estimate of drug-likeness (QED) is 0.626. The molecule has 4 rings (SSSR count). The maximum absolute atomic E-state index is 12.6. The van der Waals surface area contributed by atoms with Crippen LogP contribution in [0.5, 0.6) is 11.6 Å². The summed E-state index contributed by atoms with van der Waals surface area (Å²) in [6.45, 7) is -0.0536. The normalized spacial score (nSPS) is 13.6. The van der Waals surface area contributed by atoms with Crippen molar-refractivity contribution in [2.75, 3.05) is 13.6 Å². The molecule has 0 saturated heterocycles. The molecule has 0 bridgehead atoms. The van der Waals surface area contributed by atoms with Crippen LogP contribution in [-0.4, -0.2) is 46.3 Å². The van der Waals surface area contributed by atoms with Gasteiger partial charge in [0.25, 0.3) is 5.91 Å². The van der Waals surface area contributed by atoms with E-state index in [1.807, 2.05) is 0 Å². The first-order valence-corrected chi connectivity index (χ1v) is 9.86. The Morgan fingerprint density at radius 3 is 2.59 bits per heavy atom. The Hall–Kier alpha value is -3.69. The van der Waals surface area contributed by atoms with Crippen LogP contribution in [0.4, 0.5) is 13.2 Å². The lowest BCUT2D eigenvalue weighted by Crippen LogP contribution is -2.39. The molecule has 0 atom stereocenters. The molecule has 7 nitrogen and oxygen atoms in total. The van der Waals surface area contributed by atoms with Gasteiger partial charge in [0.15, 0.2) is 0 Å². The Bertz CT molecular complexity index is 1160. The lowest BCUT2D eigenvalue weighted by atomic mass is 10.2. The highest BCUT2D eigenvalue weighted by atomic mass is 19.4. The zero-order valence-electron chi connectivity index (χ0n) is 17.0. The first-order valence-electron chi connectivity index (χ1n) is 9.86. The van der Waals surface area contributed by atoms with E-state index in [9.17, 15) is 22.8 Å². The summed E-state index contributed by atoms with van der Waals surface area (Å²) in [5.41, 5.74) is -0.142. The average molecular weight is 444 g/mol. The van der Waals surface area contributed by atoms with Gasteiger partial charge in [0, 0.05) is 30.7 Å². The van der Waals surface area contributed by atoms with Crippen molar-refractivity contribution in [2.24, 2.45) is 0 Å². The van der Waals surface area contributed by atoms with Crippen LogP contribution in [0.25, 0.3) is 10.9 Å². The van der Waals surface area contributed by atoms with Crippen molar-refractivity contribution in [3.8, 4) is 11.6 Å². The monoisotopic (exact) mass is 444 g/mol. The number of aromatic nitrogens is 2. The summed E-state index contributed by atoms with van der Waals surface area (Å²) in [4.78, 5) is 33.8. The van der Waals surface area contributed by atoms with Gasteiger partial charge in [-0.2, -0.15) is 13.2 Å². The summed E-state index contributed by atoms with van der Waals surface area (Å²) >= 11 is 0. The van der Waals surface area contributed by atoms with Crippen LogP contribution >= 0.6 is 0 Å². The second-order valence-electron chi connectivity index (χ2n) is 7.54. The van der Waals surface area contributed by atoms with Crippen LogP contribution in [0, 0.1) is 0 Å². The van der Waals surface area contributed by atoms with Crippen LogP contribution in [0.3, 0.4) is 0 Å². The SMILES string of the molecule is CN(CC(=O)NC1CC1)C(=O)c1ccc2cc(Oc3ccc(C(F)(F)F)cn3)ccc2n1. The van der Waals surface area contributed by atoms with Gasteiger partial charge in [-0.1, -0.05) is 6.07 Å². The van der Waals surface area contributed by atoms with E-state index in [4.69, 9.17) is 4.74 Å². The maximum atomic E-state index is 12.6. The maximum Gasteiger partial charge on any atom is 0.417 e. The molecular formula is C22H19F3N4O3. The number of nitrogens with one attached hydrogen (secondary N) is 1. The lowest BCUT2D eigenvalue weighted by Gasteiger charge is -2.16. The summed E-state index contributed by atoms with van der Waals surface area (Å²) < 4.78 is 43.4. The molecule has 2 amide bonds. The van der Waals surface area contributed by atoms with E-state index >= 15 is 0 Å². The van der Waals surface area contributed by atoms with Crippen molar-refractivity contribution >= 4 is 22.7 Å². The molecule has 0 aliphatic heterocycles. The van der Waals surface area contributed by atoms with Crippen molar-refractivity contribution < 1.29 is 27.5 Å². The first kappa shape index (κ1) is 21.5. The number of carbonyl (C=O) groups excluding carboxylic acids is 2. The number of hydrogen-bond acceptors (Lipinski definition) is 5. The molecule has 32 heavy (non-hydrogen) atoms. The average Bonchev–Trinajstić information content (AvgIpc) is 3.56. The van der Waals surface area contributed by atoms with Crippen LogP contribution in [0.15, 0.2) is 48.7 Å². The lowest BCUT2D eigenvalue weighted by molar-refractivity contribution is -0.137. The van der Waals surface area contributed by atoms with Crippen molar-refractivity contribution in [1.82, 2.24) is 20.2 Å². The number of hydrogen-bond donors (Lipinski definition) is 1. The second kappa shape index (κ2) is 8.45. The fourth-order valence-electron chi connectivity index (χ4n) is 3.00. The molecule has 0 spiro atoms. The van der Waals surface area contributed by atoms with Gasteiger partial charge in [0.2, 0.25) is 11.8 Å². The summed E-state index contributed by atoms with van der Waals surface area (Å²) in [7, 11) is 1.54. The second-order valence-corrected chi connectivity index (χ2v) is 7.54. The molecule has 1 N–H and O–H groups in total. The summed E-state index contributed by atoms with van der Waals surface area (Å²) in [5, 5.41) is 3.50. The first-order chi connectivity index (χ1) is 15.2. The van der Waals surface area contributed by atoms with Crippen LogP contribution in [-0.2, 0) is 11.0 Å². The Morgan fingerprint density at radius 2 is 1.94 bits per heavy atom. The fourth-order valence-corrected chi connectivity index (χ4v) is 3.00. The van der Waals surface area contributed by atoms with E-state index < -0.39 is 11.7 Å². The number of halogens is 3. The van der Waals surface area contributed by atoms with E-state index in [2.05, 4.69) is 15.3 Å². The van der Waals surface area contributed by atoms with Gasteiger partial charge in [-0.25, -0.2) is 9.97 Å². The third kappa shape index (κ3) is 5.13. The highest BCUT2D eigenvalue weighted by Gasteiger charge is 2.30. The Kier molecular flexibility index (Phi) is 5.68. The van der Waals surface area contributed by atoms with Crippen molar-refractivity contribution in [1.29, 1.82) is 0 Å². The van der Waals surface area contributed by atoms with Crippen molar-refractivity contribution in [3.05, 3.63) is 59.9 Å². The Labute approximate surface area is 181 Å². The van der Waals surface area contributed by atoms with Crippen LogP contribution < -0.4 is 10.1 Å². The van der Waals surface area contributed by atoms with Gasteiger partial charge in [-0.15, -0.1) is 0 Å². The molecule has 1 aliphatic rings. The largest absolute Gasteiger partial charge is 0.439 e. The molecule has 1 aromatic carbocycles. The van der Waals surface area contributed by atoms with Gasteiger partial charge in [0.05, 0.1) is 17.6 Å². The van der Waals surface area contributed by atoms with Gasteiger partial charge in [0.1, 0.15) is 11.4 Å². The molecule has 2 heterocycles. The number of amides is 2. The molecule has 1 aliphatic carbocycles. The van der Waals surface area contributed by atoms with E-state index in [0.717, 1.165) is 25.0 Å². The third-order valence-electron chi connectivity index (χ3n) is 4.84. The molecule has 0 unspecified atom stereocenters.